The molecule has 0 aliphatic rings. The van der Waals surface area contributed by atoms with E-state index < -0.39 is 66.8 Å². The second kappa shape index (κ2) is 14.3. The number of nitrogens with one attached hydrogen (secondary N) is 3. The molecule has 0 bridgehead atoms. The highest BCUT2D eigenvalue weighted by Crippen LogP contribution is 2.08. The zero-order valence-corrected chi connectivity index (χ0v) is 20.0. The predicted molar refractivity (Wildman–Crippen MR) is 133 cm³/mol. The van der Waals surface area contributed by atoms with Gasteiger partial charge >= 0.3 is 5.97 Å². The van der Waals surface area contributed by atoms with Gasteiger partial charge in [0.2, 0.25) is 23.6 Å². The van der Waals surface area contributed by atoms with Crippen molar-refractivity contribution >= 4 is 29.6 Å². The molecule has 0 heterocycles. The average Bonchev–Trinajstić information content (AvgIpc) is 2.87. The molecule has 0 saturated carbocycles. The molecule has 0 radical (unpaired) electrons. The van der Waals surface area contributed by atoms with E-state index >= 15 is 0 Å². The summed E-state index contributed by atoms with van der Waals surface area (Å²) < 4.78 is 0. The van der Waals surface area contributed by atoms with Crippen molar-refractivity contribution in [1.29, 1.82) is 0 Å². The fourth-order valence-electron chi connectivity index (χ4n) is 3.43. The first kappa shape index (κ1) is 28.9. The van der Waals surface area contributed by atoms with Crippen LogP contribution in [0.25, 0.3) is 0 Å². The van der Waals surface area contributed by atoms with E-state index in [0.29, 0.717) is 11.1 Å². The van der Waals surface area contributed by atoms with Crippen molar-refractivity contribution in [3.63, 3.8) is 0 Å². The Morgan fingerprint density at radius 3 is 1.59 bits per heavy atom. The van der Waals surface area contributed by atoms with Gasteiger partial charge < -0.3 is 37.6 Å². The largest absolute Gasteiger partial charge is 0.480 e. The number of carboxylic acids is 1. The number of benzene rings is 2. The zero-order chi connectivity index (χ0) is 27.4. The minimum absolute atomic E-state index is 0.00726. The normalized spacial score (nSPS) is 13.9. The van der Waals surface area contributed by atoms with Gasteiger partial charge in [0.25, 0.3) is 0 Å². The number of carboxylic acid groups (broad SMARTS) is 1. The van der Waals surface area contributed by atoms with E-state index in [9.17, 15) is 29.1 Å². The molecule has 12 nitrogen and oxygen atoms in total. The number of aliphatic carboxylic acids is 1. The first-order valence-corrected chi connectivity index (χ1v) is 11.5. The highest BCUT2D eigenvalue weighted by Gasteiger charge is 2.31. The van der Waals surface area contributed by atoms with Gasteiger partial charge in [-0.1, -0.05) is 60.7 Å². The third-order valence-corrected chi connectivity index (χ3v) is 5.38. The number of aliphatic hydroxyl groups excluding tert-OH is 1. The molecule has 2 aromatic carbocycles. The van der Waals surface area contributed by atoms with Crippen LogP contribution in [-0.2, 0) is 36.8 Å². The second-order valence-electron chi connectivity index (χ2n) is 8.36. The SMILES string of the molecule is NC(=O)CC(NC(=O)C(N)CO)C(=O)NC(Cc1ccccc1)C(=O)NC(Cc1ccccc1)C(=O)O. The molecule has 198 valence electrons. The van der Waals surface area contributed by atoms with E-state index in [1.807, 2.05) is 0 Å². The fraction of sp³-hybridized carbons (Fsp3) is 0.320. The fourth-order valence-corrected chi connectivity index (χ4v) is 3.43. The Kier molecular flexibility index (Phi) is 11.2. The number of hydrogen-bond acceptors (Lipinski definition) is 7. The first-order chi connectivity index (χ1) is 17.6. The van der Waals surface area contributed by atoms with E-state index in [1.54, 1.807) is 60.7 Å². The monoisotopic (exact) mass is 513 g/mol. The van der Waals surface area contributed by atoms with Crippen LogP contribution in [0.3, 0.4) is 0 Å². The third kappa shape index (κ3) is 9.70. The summed E-state index contributed by atoms with van der Waals surface area (Å²) >= 11 is 0. The number of carbonyl (C=O) groups excluding carboxylic acids is 4. The van der Waals surface area contributed by atoms with E-state index in [0.717, 1.165) is 0 Å². The summed E-state index contributed by atoms with van der Waals surface area (Å²) in [4.78, 5) is 61.7. The molecule has 4 unspecified atom stereocenters. The minimum atomic E-state index is -1.48. The molecule has 0 spiro atoms. The summed E-state index contributed by atoms with van der Waals surface area (Å²) in [7, 11) is 0. The second-order valence-corrected chi connectivity index (χ2v) is 8.36. The van der Waals surface area contributed by atoms with Crippen LogP contribution in [0, 0.1) is 0 Å². The van der Waals surface area contributed by atoms with Gasteiger partial charge in [0.05, 0.1) is 13.0 Å². The number of primary amides is 1. The minimum Gasteiger partial charge on any atom is -0.480 e. The van der Waals surface area contributed by atoms with Crippen LogP contribution in [0.2, 0.25) is 0 Å². The summed E-state index contributed by atoms with van der Waals surface area (Å²) in [5.41, 5.74) is 12.0. The Labute approximate surface area is 213 Å². The Bertz CT molecular complexity index is 1080. The van der Waals surface area contributed by atoms with E-state index in [2.05, 4.69) is 16.0 Å². The van der Waals surface area contributed by atoms with Crippen LogP contribution in [0.5, 0.6) is 0 Å². The van der Waals surface area contributed by atoms with Crippen molar-refractivity contribution in [2.45, 2.75) is 43.4 Å². The summed E-state index contributed by atoms with van der Waals surface area (Å²) in [6.07, 6.45) is -0.599. The Balaban J connectivity index is 2.25. The Hall–Kier alpha value is -4.29. The van der Waals surface area contributed by atoms with Crippen LogP contribution < -0.4 is 27.4 Å². The molecule has 4 atom stereocenters. The highest BCUT2D eigenvalue weighted by atomic mass is 16.4. The van der Waals surface area contributed by atoms with E-state index in [4.69, 9.17) is 16.6 Å². The first-order valence-electron chi connectivity index (χ1n) is 11.5. The number of carbonyl (C=O) groups is 5. The van der Waals surface area contributed by atoms with Crippen molar-refractivity contribution in [2.75, 3.05) is 6.61 Å². The maximum absolute atomic E-state index is 13.2. The Morgan fingerprint density at radius 1 is 0.703 bits per heavy atom. The van der Waals surface area contributed by atoms with Crippen LogP contribution in [-0.4, -0.2) is 70.6 Å². The van der Waals surface area contributed by atoms with Crippen LogP contribution >= 0.6 is 0 Å². The number of aliphatic hydroxyl groups is 1. The van der Waals surface area contributed by atoms with Gasteiger partial charge in [0.1, 0.15) is 24.2 Å². The van der Waals surface area contributed by atoms with Crippen LogP contribution in [0.15, 0.2) is 60.7 Å². The van der Waals surface area contributed by atoms with E-state index in [1.165, 1.54) is 0 Å². The summed E-state index contributed by atoms with van der Waals surface area (Å²) in [6.45, 7) is -0.701. The molecular weight excluding hydrogens is 482 g/mol. The molecule has 0 fully saturated rings. The standard InChI is InChI=1S/C25H31N5O7/c26-17(14-31)22(33)28-19(13-21(27)32)24(35)29-18(11-15-7-3-1-4-8-15)23(34)30-20(25(36)37)12-16-9-5-2-6-10-16/h1-10,17-20,31H,11-14,26H2,(H2,27,32)(H,28,33)(H,29,35)(H,30,34)(H,36,37). The number of nitrogens with two attached hydrogens (primary N) is 2. The zero-order valence-electron chi connectivity index (χ0n) is 20.0. The third-order valence-electron chi connectivity index (χ3n) is 5.38. The van der Waals surface area contributed by atoms with Gasteiger partial charge in [-0.2, -0.15) is 0 Å². The maximum atomic E-state index is 13.2. The van der Waals surface area contributed by atoms with E-state index in [-0.39, 0.29) is 12.8 Å². The molecule has 2 aromatic rings. The maximum Gasteiger partial charge on any atom is 0.326 e. The molecule has 0 saturated heterocycles. The van der Waals surface area contributed by atoms with Crippen molar-refractivity contribution in [3.8, 4) is 0 Å². The Morgan fingerprint density at radius 2 is 1.14 bits per heavy atom. The van der Waals surface area contributed by atoms with Gasteiger partial charge in [-0.25, -0.2) is 4.79 Å². The van der Waals surface area contributed by atoms with Gasteiger partial charge in [-0.3, -0.25) is 19.2 Å². The molecule has 37 heavy (non-hydrogen) atoms. The number of hydrogen-bond donors (Lipinski definition) is 7. The lowest BCUT2D eigenvalue weighted by Gasteiger charge is -2.25. The number of rotatable bonds is 14. The van der Waals surface area contributed by atoms with Crippen molar-refractivity contribution < 1.29 is 34.2 Å². The van der Waals surface area contributed by atoms with Crippen LogP contribution in [0.1, 0.15) is 17.5 Å². The molecule has 0 aliphatic heterocycles. The molecule has 12 heteroatoms. The topological polar surface area (TPSA) is 214 Å². The van der Waals surface area contributed by atoms with Crippen LogP contribution in [0.4, 0.5) is 0 Å². The average molecular weight is 514 g/mol. The van der Waals surface area contributed by atoms with Gasteiger partial charge in [0.15, 0.2) is 0 Å². The lowest BCUT2D eigenvalue weighted by Crippen LogP contribution is -2.58. The predicted octanol–water partition coefficient (Wildman–Crippen LogP) is -1.79. The molecule has 0 aliphatic carbocycles. The lowest BCUT2D eigenvalue weighted by atomic mass is 10.0. The molecule has 9 N–H and O–H groups in total. The lowest BCUT2D eigenvalue weighted by molar-refractivity contribution is -0.142. The highest BCUT2D eigenvalue weighted by molar-refractivity contribution is 5.96. The number of amides is 4. The van der Waals surface area contributed by atoms with Crippen molar-refractivity contribution in [2.24, 2.45) is 11.5 Å². The molecular formula is C25H31N5O7. The molecule has 2 rings (SSSR count). The molecule has 0 aromatic heterocycles. The summed E-state index contributed by atoms with van der Waals surface area (Å²) in [6, 6.07) is 12.0. The summed E-state index contributed by atoms with van der Waals surface area (Å²) in [5.74, 6) is -4.77. The van der Waals surface area contributed by atoms with Crippen molar-refractivity contribution in [1.82, 2.24) is 16.0 Å². The van der Waals surface area contributed by atoms with Crippen molar-refractivity contribution in [3.05, 3.63) is 71.8 Å². The quantitative estimate of drug-likeness (QED) is 0.153. The van der Waals surface area contributed by atoms with Gasteiger partial charge in [-0.15, -0.1) is 0 Å². The van der Waals surface area contributed by atoms with Gasteiger partial charge in [0, 0.05) is 12.8 Å². The molecule has 4 amide bonds. The van der Waals surface area contributed by atoms with Gasteiger partial charge in [-0.05, 0) is 11.1 Å². The summed E-state index contributed by atoms with van der Waals surface area (Å²) in [5, 5.41) is 25.9. The smallest absolute Gasteiger partial charge is 0.326 e.